The highest BCUT2D eigenvalue weighted by atomic mass is 15.3. The van der Waals surface area contributed by atoms with Crippen LogP contribution >= 0.6 is 0 Å². The zero-order valence-electron chi connectivity index (χ0n) is 10.8. The summed E-state index contributed by atoms with van der Waals surface area (Å²) in [5.74, 6) is 0.621. The number of hydrogen-bond donors (Lipinski definition) is 1. The molecule has 0 aromatic rings. The third-order valence-electron chi connectivity index (χ3n) is 4.20. The number of nitrogens with two attached hydrogens (primary N) is 1. The molecule has 1 fully saturated rings. The van der Waals surface area contributed by atoms with Gasteiger partial charge in [0.2, 0.25) is 0 Å². The van der Waals surface area contributed by atoms with Crippen molar-refractivity contribution in [1.29, 1.82) is 0 Å². The van der Waals surface area contributed by atoms with Crippen LogP contribution in [0.15, 0.2) is 0 Å². The van der Waals surface area contributed by atoms with Crippen molar-refractivity contribution < 1.29 is 0 Å². The second-order valence-corrected chi connectivity index (χ2v) is 5.14. The lowest BCUT2D eigenvalue weighted by Crippen LogP contribution is -2.61. The van der Waals surface area contributed by atoms with Gasteiger partial charge in [0, 0.05) is 38.3 Å². The highest BCUT2D eigenvalue weighted by Gasteiger charge is 2.35. The summed E-state index contributed by atoms with van der Waals surface area (Å²) in [6.07, 6.45) is 0. The zero-order valence-corrected chi connectivity index (χ0v) is 10.8. The zero-order chi connectivity index (χ0) is 11.5. The molecule has 1 aliphatic heterocycles. The van der Waals surface area contributed by atoms with E-state index < -0.39 is 0 Å². The summed E-state index contributed by atoms with van der Waals surface area (Å²) in [5, 5.41) is 0. The second kappa shape index (κ2) is 5.28. The highest BCUT2D eigenvalue weighted by molar-refractivity contribution is 4.92. The third kappa shape index (κ3) is 2.71. The summed E-state index contributed by atoms with van der Waals surface area (Å²) < 4.78 is 0. The summed E-state index contributed by atoms with van der Waals surface area (Å²) in [5.41, 5.74) is 6.13. The molecule has 0 aromatic heterocycles. The van der Waals surface area contributed by atoms with E-state index in [1.54, 1.807) is 0 Å². The molecule has 2 N–H and O–H groups in total. The van der Waals surface area contributed by atoms with Gasteiger partial charge in [0.25, 0.3) is 0 Å². The Morgan fingerprint density at radius 1 is 1.20 bits per heavy atom. The van der Waals surface area contributed by atoms with Gasteiger partial charge >= 0.3 is 0 Å². The first-order chi connectivity index (χ1) is 7.04. The van der Waals surface area contributed by atoms with Crippen LogP contribution in [0.25, 0.3) is 0 Å². The van der Waals surface area contributed by atoms with Crippen molar-refractivity contribution in [1.82, 2.24) is 9.80 Å². The fourth-order valence-electron chi connectivity index (χ4n) is 2.30. The van der Waals surface area contributed by atoms with Crippen LogP contribution in [-0.2, 0) is 0 Å². The van der Waals surface area contributed by atoms with Gasteiger partial charge in [-0.25, -0.2) is 0 Å². The number of rotatable bonds is 4. The summed E-state index contributed by atoms with van der Waals surface area (Å²) in [6, 6.07) is 0. The number of nitrogens with zero attached hydrogens (tertiary/aromatic N) is 2. The van der Waals surface area contributed by atoms with Crippen LogP contribution in [-0.4, -0.2) is 54.6 Å². The Balaban J connectivity index is 2.57. The van der Waals surface area contributed by atoms with Crippen molar-refractivity contribution in [3.8, 4) is 0 Å². The molecule has 90 valence electrons. The Hall–Kier alpha value is -0.120. The van der Waals surface area contributed by atoms with Gasteiger partial charge in [-0.1, -0.05) is 20.8 Å². The summed E-state index contributed by atoms with van der Waals surface area (Å²) in [6.45, 7) is 15.8. The number of likely N-dealkylation sites (N-methyl/N-ethyl adjacent to an activating group) is 1. The maximum atomic E-state index is 5.95. The van der Waals surface area contributed by atoms with Crippen LogP contribution in [0.1, 0.15) is 27.7 Å². The van der Waals surface area contributed by atoms with E-state index in [4.69, 9.17) is 5.73 Å². The molecule has 3 heteroatoms. The van der Waals surface area contributed by atoms with Crippen LogP contribution < -0.4 is 5.73 Å². The van der Waals surface area contributed by atoms with Crippen molar-refractivity contribution in [2.75, 3.05) is 39.3 Å². The Morgan fingerprint density at radius 2 is 1.73 bits per heavy atom. The normalized spacial score (nSPS) is 24.4. The van der Waals surface area contributed by atoms with E-state index in [0.717, 1.165) is 6.54 Å². The van der Waals surface area contributed by atoms with E-state index in [1.807, 2.05) is 0 Å². The van der Waals surface area contributed by atoms with Crippen LogP contribution in [0, 0.1) is 5.92 Å². The smallest absolute Gasteiger partial charge is 0.0327 e. The first-order valence-electron chi connectivity index (χ1n) is 6.22. The Morgan fingerprint density at radius 3 is 2.07 bits per heavy atom. The van der Waals surface area contributed by atoms with Crippen LogP contribution in [0.5, 0.6) is 0 Å². The quantitative estimate of drug-likeness (QED) is 0.756. The van der Waals surface area contributed by atoms with Crippen LogP contribution in [0.3, 0.4) is 0 Å². The first kappa shape index (κ1) is 12.9. The lowest BCUT2D eigenvalue weighted by atomic mass is 9.86. The van der Waals surface area contributed by atoms with E-state index in [9.17, 15) is 0 Å². The van der Waals surface area contributed by atoms with Crippen molar-refractivity contribution in [2.24, 2.45) is 11.7 Å². The summed E-state index contributed by atoms with van der Waals surface area (Å²) >= 11 is 0. The molecule has 1 heterocycles. The molecule has 1 aliphatic rings. The minimum atomic E-state index is 0.180. The molecule has 0 aliphatic carbocycles. The topological polar surface area (TPSA) is 32.5 Å². The summed E-state index contributed by atoms with van der Waals surface area (Å²) in [7, 11) is 0. The van der Waals surface area contributed by atoms with Crippen molar-refractivity contribution in [2.45, 2.75) is 33.2 Å². The van der Waals surface area contributed by atoms with E-state index >= 15 is 0 Å². The minimum Gasteiger partial charge on any atom is -0.329 e. The van der Waals surface area contributed by atoms with E-state index in [2.05, 4.69) is 37.5 Å². The van der Waals surface area contributed by atoms with E-state index in [0.29, 0.717) is 5.92 Å². The van der Waals surface area contributed by atoms with Crippen molar-refractivity contribution in [3.05, 3.63) is 0 Å². The fraction of sp³-hybridized carbons (Fsp3) is 1.00. The lowest BCUT2D eigenvalue weighted by molar-refractivity contribution is 0.0208. The number of piperazine rings is 1. The predicted molar refractivity (Wildman–Crippen MR) is 66.0 cm³/mol. The van der Waals surface area contributed by atoms with Crippen molar-refractivity contribution in [3.63, 3.8) is 0 Å². The largest absolute Gasteiger partial charge is 0.329 e. The lowest BCUT2D eigenvalue weighted by Gasteiger charge is -2.47. The van der Waals surface area contributed by atoms with Crippen molar-refractivity contribution >= 4 is 0 Å². The third-order valence-corrected chi connectivity index (χ3v) is 4.20. The van der Waals surface area contributed by atoms with Gasteiger partial charge in [-0.05, 0) is 19.4 Å². The van der Waals surface area contributed by atoms with Gasteiger partial charge in [-0.2, -0.15) is 0 Å². The Labute approximate surface area is 94.6 Å². The minimum absolute atomic E-state index is 0.180. The standard InChI is InChI=1S/C12H27N3/c1-5-14-6-8-15(9-7-14)12(4,10-13)11(2)3/h11H,5-10,13H2,1-4H3. The molecule has 0 spiro atoms. The average Bonchev–Trinajstić information content (AvgIpc) is 2.28. The average molecular weight is 213 g/mol. The maximum Gasteiger partial charge on any atom is 0.0327 e. The molecule has 1 atom stereocenters. The maximum absolute atomic E-state index is 5.95. The Kier molecular flexibility index (Phi) is 4.56. The molecule has 1 rings (SSSR count). The van der Waals surface area contributed by atoms with Gasteiger partial charge in [-0.15, -0.1) is 0 Å². The molecule has 15 heavy (non-hydrogen) atoms. The van der Waals surface area contributed by atoms with E-state index in [-0.39, 0.29) is 5.54 Å². The van der Waals surface area contributed by atoms with Gasteiger partial charge < -0.3 is 10.6 Å². The SMILES string of the molecule is CCN1CCN(C(C)(CN)C(C)C)CC1. The van der Waals surface area contributed by atoms with Crippen LogP contribution in [0.2, 0.25) is 0 Å². The predicted octanol–water partition coefficient (Wildman–Crippen LogP) is 0.997. The highest BCUT2D eigenvalue weighted by Crippen LogP contribution is 2.24. The van der Waals surface area contributed by atoms with Gasteiger partial charge in [0.05, 0.1) is 0 Å². The summed E-state index contributed by atoms with van der Waals surface area (Å²) in [4.78, 5) is 5.08. The van der Waals surface area contributed by atoms with Gasteiger partial charge in [-0.3, -0.25) is 4.90 Å². The van der Waals surface area contributed by atoms with Gasteiger partial charge in [0.15, 0.2) is 0 Å². The van der Waals surface area contributed by atoms with Gasteiger partial charge in [0.1, 0.15) is 0 Å². The molecule has 3 nitrogen and oxygen atoms in total. The molecule has 1 saturated heterocycles. The molecule has 0 radical (unpaired) electrons. The molecular weight excluding hydrogens is 186 g/mol. The molecule has 0 amide bonds. The van der Waals surface area contributed by atoms with Crippen LogP contribution in [0.4, 0.5) is 0 Å². The molecular formula is C12H27N3. The number of hydrogen-bond acceptors (Lipinski definition) is 3. The molecule has 0 aromatic carbocycles. The molecule has 0 saturated carbocycles. The monoisotopic (exact) mass is 213 g/mol. The molecule has 1 unspecified atom stereocenters. The Bertz CT molecular complexity index is 185. The fourth-order valence-corrected chi connectivity index (χ4v) is 2.30. The van der Waals surface area contributed by atoms with E-state index in [1.165, 1.54) is 32.7 Å². The second-order valence-electron chi connectivity index (χ2n) is 5.14. The molecule has 0 bridgehead atoms. The first-order valence-corrected chi connectivity index (χ1v) is 6.22.